The minimum absolute atomic E-state index is 0.180. The SMILES string of the molecule is O=C(O)CNCC(Cc1ccccc1)(Cc1ccccc1)NCC(=O)O. The van der Waals surface area contributed by atoms with Crippen LogP contribution in [0.15, 0.2) is 60.7 Å². The van der Waals surface area contributed by atoms with Crippen LogP contribution in [0.25, 0.3) is 0 Å². The summed E-state index contributed by atoms with van der Waals surface area (Å²) in [4.78, 5) is 22.0. The largest absolute Gasteiger partial charge is 0.480 e. The number of benzene rings is 2. The fourth-order valence-corrected chi connectivity index (χ4v) is 3.02. The van der Waals surface area contributed by atoms with Crippen molar-refractivity contribution in [2.45, 2.75) is 18.4 Å². The molecule has 4 N–H and O–H groups in total. The van der Waals surface area contributed by atoms with Gasteiger partial charge in [0, 0.05) is 12.1 Å². The number of carbonyl (C=O) groups is 2. The Balaban J connectivity index is 2.28. The van der Waals surface area contributed by atoms with Gasteiger partial charge < -0.3 is 15.5 Å². The molecule has 0 aromatic heterocycles. The number of hydrogen-bond acceptors (Lipinski definition) is 4. The quantitative estimate of drug-likeness (QED) is 0.488. The van der Waals surface area contributed by atoms with Crippen LogP contribution in [0.3, 0.4) is 0 Å². The lowest BCUT2D eigenvalue weighted by Crippen LogP contribution is -2.57. The molecule has 0 aliphatic rings. The van der Waals surface area contributed by atoms with Crippen molar-refractivity contribution < 1.29 is 19.8 Å². The van der Waals surface area contributed by atoms with Gasteiger partial charge in [-0.25, -0.2) is 0 Å². The summed E-state index contributed by atoms with van der Waals surface area (Å²) in [7, 11) is 0. The minimum Gasteiger partial charge on any atom is -0.480 e. The number of nitrogens with one attached hydrogen (secondary N) is 2. The zero-order valence-corrected chi connectivity index (χ0v) is 14.5. The van der Waals surface area contributed by atoms with Crippen LogP contribution in [-0.2, 0) is 22.4 Å². The van der Waals surface area contributed by atoms with Gasteiger partial charge >= 0.3 is 11.9 Å². The second-order valence-corrected chi connectivity index (χ2v) is 6.35. The first-order valence-corrected chi connectivity index (χ1v) is 8.46. The van der Waals surface area contributed by atoms with Crippen molar-refractivity contribution in [3.63, 3.8) is 0 Å². The molecule has 2 rings (SSSR count). The van der Waals surface area contributed by atoms with E-state index in [4.69, 9.17) is 10.2 Å². The predicted octanol–water partition coefficient (Wildman–Crippen LogP) is 1.56. The molecule has 6 nitrogen and oxygen atoms in total. The fraction of sp³-hybridized carbons (Fsp3) is 0.300. The first-order chi connectivity index (χ1) is 12.5. The average Bonchev–Trinajstić information content (AvgIpc) is 2.61. The van der Waals surface area contributed by atoms with E-state index in [1.165, 1.54) is 0 Å². The van der Waals surface area contributed by atoms with Gasteiger partial charge in [0.1, 0.15) is 0 Å². The summed E-state index contributed by atoms with van der Waals surface area (Å²) in [6, 6.07) is 19.5. The van der Waals surface area contributed by atoms with Gasteiger partial charge in [0.25, 0.3) is 0 Å². The molecule has 0 heterocycles. The molecule has 0 fully saturated rings. The van der Waals surface area contributed by atoms with Crippen molar-refractivity contribution in [2.24, 2.45) is 0 Å². The van der Waals surface area contributed by atoms with E-state index in [1.807, 2.05) is 60.7 Å². The van der Waals surface area contributed by atoms with Gasteiger partial charge in [-0.05, 0) is 24.0 Å². The Morgan fingerprint density at radius 2 is 1.23 bits per heavy atom. The molecule has 2 aromatic rings. The molecule has 0 amide bonds. The minimum atomic E-state index is -0.950. The lowest BCUT2D eigenvalue weighted by Gasteiger charge is -2.35. The van der Waals surface area contributed by atoms with Crippen molar-refractivity contribution in [2.75, 3.05) is 19.6 Å². The molecule has 0 saturated carbocycles. The van der Waals surface area contributed by atoms with Crippen molar-refractivity contribution in [3.05, 3.63) is 71.8 Å². The number of rotatable bonds is 11. The van der Waals surface area contributed by atoms with E-state index in [9.17, 15) is 9.59 Å². The topological polar surface area (TPSA) is 98.7 Å². The third-order valence-corrected chi connectivity index (χ3v) is 4.12. The maximum Gasteiger partial charge on any atom is 0.317 e. The summed E-state index contributed by atoms with van der Waals surface area (Å²) in [5, 5.41) is 24.2. The highest BCUT2D eigenvalue weighted by Crippen LogP contribution is 2.19. The number of hydrogen-bond donors (Lipinski definition) is 4. The second kappa shape index (κ2) is 9.70. The lowest BCUT2D eigenvalue weighted by molar-refractivity contribution is -0.137. The Bertz CT molecular complexity index is 663. The zero-order valence-electron chi connectivity index (χ0n) is 14.5. The van der Waals surface area contributed by atoms with Crippen LogP contribution in [0, 0.1) is 0 Å². The monoisotopic (exact) mass is 356 g/mol. The molecule has 0 aliphatic heterocycles. The predicted molar refractivity (Wildman–Crippen MR) is 99.2 cm³/mol. The van der Waals surface area contributed by atoms with Crippen molar-refractivity contribution in [3.8, 4) is 0 Å². The maximum absolute atomic E-state index is 11.2. The van der Waals surface area contributed by atoms with Gasteiger partial charge in [0.2, 0.25) is 0 Å². The maximum atomic E-state index is 11.2. The van der Waals surface area contributed by atoms with Gasteiger partial charge in [-0.3, -0.25) is 14.9 Å². The molecule has 2 aromatic carbocycles. The highest BCUT2D eigenvalue weighted by Gasteiger charge is 2.31. The van der Waals surface area contributed by atoms with Crippen LogP contribution in [-0.4, -0.2) is 47.3 Å². The number of aliphatic carboxylic acids is 2. The summed E-state index contributed by atoms with van der Waals surface area (Å²) >= 11 is 0. The van der Waals surface area contributed by atoms with Gasteiger partial charge in [-0.2, -0.15) is 0 Å². The smallest absolute Gasteiger partial charge is 0.317 e. The van der Waals surface area contributed by atoms with E-state index >= 15 is 0 Å². The first-order valence-electron chi connectivity index (χ1n) is 8.46. The summed E-state index contributed by atoms with van der Waals surface area (Å²) in [5.41, 5.74) is 1.48. The summed E-state index contributed by atoms with van der Waals surface area (Å²) in [6.45, 7) is -0.0507. The number of carboxylic acids is 2. The van der Waals surface area contributed by atoms with Gasteiger partial charge in [0.05, 0.1) is 13.1 Å². The molecular weight excluding hydrogens is 332 g/mol. The average molecular weight is 356 g/mol. The van der Waals surface area contributed by atoms with E-state index in [-0.39, 0.29) is 13.1 Å². The molecule has 26 heavy (non-hydrogen) atoms. The standard InChI is InChI=1S/C20H24N2O4/c23-18(24)13-21-15-20(22-14-19(25)26,11-16-7-3-1-4-8-16)12-17-9-5-2-6-10-17/h1-10,21-22H,11-15H2,(H,23,24)(H,25,26). The Hall–Kier alpha value is -2.70. The van der Waals surface area contributed by atoms with Crippen LogP contribution in [0.5, 0.6) is 0 Å². The highest BCUT2D eigenvalue weighted by molar-refractivity contribution is 5.69. The Morgan fingerprint density at radius 3 is 1.65 bits per heavy atom. The highest BCUT2D eigenvalue weighted by atomic mass is 16.4. The molecule has 0 radical (unpaired) electrons. The zero-order chi connectivity index (χ0) is 18.8. The lowest BCUT2D eigenvalue weighted by atomic mass is 9.84. The summed E-state index contributed by atoms with van der Waals surface area (Å²) < 4.78 is 0. The summed E-state index contributed by atoms with van der Waals surface area (Å²) in [6.07, 6.45) is 1.14. The van der Waals surface area contributed by atoms with E-state index in [2.05, 4.69) is 10.6 Å². The normalized spacial score (nSPS) is 11.2. The van der Waals surface area contributed by atoms with Gasteiger partial charge in [-0.1, -0.05) is 60.7 Å². The molecule has 0 aliphatic carbocycles. The molecule has 0 unspecified atom stereocenters. The third kappa shape index (κ3) is 6.66. The fourth-order valence-electron chi connectivity index (χ4n) is 3.02. The summed E-state index contributed by atoms with van der Waals surface area (Å²) in [5.74, 6) is -1.90. The van der Waals surface area contributed by atoms with E-state index in [0.717, 1.165) is 11.1 Å². The van der Waals surface area contributed by atoms with Crippen molar-refractivity contribution >= 4 is 11.9 Å². The molecule has 0 bridgehead atoms. The Labute approximate surface area is 152 Å². The van der Waals surface area contributed by atoms with Crippen LogP contribution >= 0.6 is 0 Å². The van der Waals surface area contributed by atoms with Crippen LogP contribution in [0.4, 0.5) is 0 Å². The van der Waals surface area contributed by atoms with E-state index in [1.54, 1.807) is 0 Å². The molecule has 0 spiro atoms. The Kier molecular flexibility index (Phi) is 7.32. The molecular formula is C20H24N2O4. The van der Waals surface area contributed by atoms with Crippen molar-refractivity contribution in [1.29, 1.82) is 0 Å². The molecule has 6 heteroatoms. The van der Waals surface area contributed by atoms with Gasteiger partial charge in [0.15, 0.2) is 0 Å². The molecule has 0 atom stereocenters. The van der Waals surface area contributed by atoms with E-state index < -0.39 is 17.5 Å². The second-order valence-electron chi connectivity index (χ2n) is 6.35. The van der Waals surface area contributed by atoms with Crippen molar-refractivity contribution in [1.82, 2.24) is 10.6 Å². The third-order valence-electron chi connectivity index (χ3n) is 4.12. The first kappa shape index (κ1) is 19.6. The van der Waals surface area contributed by atoms with Crippen LogP contribution in [0.2, 0.25) is 0 Å². The van der Waals surface area contributed by atoms with E-state index in [0.29, 0.717) is 19.4 Å². The molecule has 0 saturated heterocycles. The van der Waals surface area contributed by atoms with Crippen LogP contribution < -0.4 is 10.6 Å². The molecule has 138 valence electrons. The Morgan fingerprint density at radius 1 is 0.769 bits per heavy atom. The van der Waals surface area contributed by atoms with Gasteiger partial charge in [-0.15, -0.1) is 0 Å². The van der Waals surface area contributed by atoms with Crippen LogP contribution in [0.1, 0.15) is 11.1 Å². The number of carboxylic acid groups (broad SMARTS) is 2.